The summed E-state index contributed by atoms with van der Waals surface area (Å²) in [7, 11) is 0. The van der Waals surface area contributed by atoms with Crippen molar-refractivity contribution in [3.63, 3.8) is 0 Å². The minimum atomic E-state index is -0.594. The van der Waals surface area contributed by atoms with E-state index in [9.17, 15) is 5.11 Å². The van der Waals surface area contributed by atoms with Crippen molar-refractivity contribution in [2.75, 3.05) is 18.0 Å². The number of fused-ring (bicyclic) bond motifs is 1. The average Bonchev–Trinajstić information content (AvgIpc) is 2.91. The van der Waals surface area contributed by atoms with Crippen LogP contribution in [0.25, 0.3) is 0 Å². The van der Waals surface area contributed by atoms with Crippen LogP contribution in [-0.2, 0) is 6.42 Å². The van der Waals surface area contributed by atoms with Gasteiger partial charge in [-0.15, -0.1) is 0 Å². The van der Waals surface area contributed by atoms with Gasteiger partial charge >= 0.3 is 0 Å². The van der Waals surface area contributed by atoms with Gasteiger partial charge in [0.05, 0.1) is 16.1 Å². The quantitative estimate of drug-likeness (QED) is 0.897. The molecular formula is C17H17Cl2NO. The van der Waals surface area contributed by atoms with Crippen molar-refractivity contribution < 1.29 is 5.11 Å². The third kappa shape index (κ3) is 3.03. The van der Waals surface area contributed by atoms with Crippen LogP contribution in [0, 0.1) is 0 Å². The molecule has 2 nitrogen and oxygen atoms in total. The number of halogens is 2. The summed E-state index contributed by atoms with van der Waals surface area (Å²) in [5.74, 6) is 0. The Hall–Kier alpha value is -1.22. The normalized spacial score (nSPS) is 15.1. The van der Waals surface area contributed by atoms with Crippen LogP contribution in [0.1, 0.15) is 23.7 Å². The molecule has 0 amide bonds. The average molecular weight is 322 g/mol. The Morgan fingerprint density at radius 2 is 1.90 bits per heavy atom. The topological polar surface area (TPSA) is 23.5 Å². The second-order valence-corrected chi connectivity index (χ2v) is 6.10. The molecule has 0 saturated carbocycles. The molecule has 0 aromatic heterocycles. The Kier molecular flexibility index (Phi) is 4.39. The summed E-state index contributed by atoms with van der Waals surface area (Å²) in [6, 6.07) is 13.8. The molecule has 0 spiro atoms. The van der Waals surface area contributed by atoms with E-state index in [0.717, 1.165) is 19.5 Å². The predicted molar refractivity (Wildman–Crippen MR) is 88.4 cm³/mol. The maximum atomic E-state index is 10.4. The van der Waals surface area contributed by atoms with Gasteiger partial charge in [0.15, 0.2) is 0 Å². The van der Waals surface area contributed by atoms with Gasteiger partial charge < -0.3 is 10.0 Å². The fourth-order valence-electron chi connectivity index (χ4n) is 2.85. The summed E-state index contributed by atoms with van der Waals surface area (Å²) in [6.07, 6.45) is 1.11. The number of aliphatic hydroxyl groups excluding tert-OH is 1. The van der Waals surface area contributed by atoms with Gasteiger partial charge in [-0.05, 0) is 30.5 Å². The highest BCUT2D eigenvalue weighted by atomic mass is 35.5. The van der Waals surface area contributed by atoms with Crippen molar-refractivity contribution in [2.45, 2.75) is 18.9 Å². The first-order chi connectivity index (χ1) is 10.2. The van der Waals surface area contributed by atoms with Crippen LogP contribution in [-0.4, -0.2) is 18.2 Å². The summed E-state index contributed by atoms with van der Waals surface area (Å²) in [5.41, 5.74) is 3.37. The van der Waals surface area contributed by atoms with Gasteiger partial charge in [-0.2, -0.15) is 0 Å². The number of anilines is 1. The molecule has 0 fully saturated rings. The van der Waals surface area contributed by atoms with Crippen LogP contribution < -0.4 is 4.90 Å². The monoisotopic (exact) mass is 321 g/mol. The number of rotatable bonds is 4. The summed E-state index contributed by atoms with van der Waals surface area (Å²) < 4.78 is 0. The minimum Gasteiger partial charge on any atom is -0.388 e. The lowest BCUT2D eigenvalue weighted by atomic mass is 10.1. The third-order valence-electron chi connectivity index (χ3n) is 4.00. The molecule has 1 aliphatic rings. The van der Waals surface area contributed by atoms with Crippen LogP contribution in [0.5, 0.6) is 0 Å². The van der Waals surface area contributed by atoms with Crippen LogP contribution in [0.4, 0.5) is 5.69 Å². The molecule has 0 bridgehead atoms. The number of nitrogens with zero attached hydrogens (tertiary/aromatic N) is 1. The van der Waals surface area contributed by atoms with Gasteiger partial charge in [-0.1, -0.05) is 53.5 Å². The molecule has 3 rings (SSSR count). The van der Waals surface area contributed by atoms with Crippen LogP contribution in [0.15, 0.2) is 42.5 Å². The van der Waals surface area contributed by atoms with Crippen molar-refractivity contribution in [1.29, 1.82) is 0 Å². The second kappa shape index (κ2) is 6.27. The Morgan fingerprint density at radius 3 is 2.76 bits per heavy atom. The highest BCUT2D eigenvalue weighted by Crippen LogP contribution is 2.33. The Bertz CT molecular complexity index is 644. The summed E-state index contributed by atoms with van der Waals surface area (Å²) >= 11 is 12.2. The van der Waals surface area contributed by atoms with Gasteiger partial charge in [-0.3, -0.25) is 0 Å². The lowest BCUT2D eigenvalue weighted by molar-refractivity contribution is 0.169. The fourth-order valence-corrected chi connectivity index (χ4v) is 3.28. The van der Waals surface area contributed by atoms with Crippen molar-refractivity contribution in [3.8, 4) is 0 Å². The third-order valence-corrected chi connectivity index (χ3v) is 4.83. The summed E-state index contributed by atoms with van der Waals surface area (Å²) in [4.78, 5) is 2.32. The minimum absolute atomic E-state index is 0.452. The van der Waals surface area contributed by atoms with E-state index in [-0.39, 0.29) is 0 Å². The Labute approximate surface area is 134 Å². The molecular weight excluding hydrogens is 305 g/mol. The van der Waals surface area contributed by atoms with Gasteiger partial charge in [0.2, 0.25) is 0 Å². The Morgan fingerprint density at radius 1 is 1.10 bits per heavy atom. The number of benzene rings is 2. The molecule has 1 heterocycles. The molecule has 2 aromatic rings. The van der Waals surface area contributed by atoms with E-state index < -0.39 is 6.10 Å². The molecule has 0 saturated heterocycles. The van der Waals surface area contributed by atoms with E-state index in [0.29, 0.717) is 22.0 Å². The number of aliphatic hydroxyl groups is 1. The molecule has 4 heteroatoms. The predicted octanol–water partition coefficient (Wildman–Crippen LogP) is 4.48. The standard InChI is InChI=1S/C17H17Cl2NO/c18-14-6-3-5-13(17(14)19)16(21)9-11-20-10-8-12-4-1-2-7-15(12)20/h1-7,16,21H,8-11H2. The van der Waals surface area contributed by atoms with Crippen molar-refractivity contribution >= 4 is 28.9 Å². The molecule has 21 heavy (non-hydrogen) atoms. The maximum absolute atomic E-state index is 10.4. The fraction of sp³-hybridized carbons (Fsp3) is 0.294. The number of para-hydroxylation sites is 1. The molecule has 2 aromatic carbocycles. The molecule has 0 aliphatic carbocycles. The summed E-state index contributed by atoms with van der Waals surface area (Å²) in [6.45, 7) is 1.82. The maximum Gasteiger partial charge on any atom is 0.0821 e. The zero-order chi connectivity index (χ0) is 14.8. The SMILES string of the molecule is OC(CCN1CCc2ccccc21)c1cccc(Cl)c1Cl. The van der Waals surface area contributed by atoms with Crippen molar-refractivity contribution in [1.82, 2.24) is 0 Å². The van der Waals surface area contributed by atoms with Gasteiger partial charge in [0.25, 0.3) is 0 Å². The second-order valence-electron chi connectivity index (χ2n) is 5.31. The van der Waals surface area contributed by atoms with Gasteiger partial charge in [0.1, 0.15) is 0 Å². The summed E-state index contributed by atoms with van der Waals surface area (Å²) in [5, 5.41) is 11.3. The van der Waals surface area contributed by atoms with Crippen LogP contribution in [0.3, 0.4) is 0 Å². The lowest BCUT2D eigenvalue weighted by Crippen LogP contribution is -2.23. The van der Waals surface area contributed by atoms with E-state index in [1.165, 1.54) is 11.3 Å². The molecule has 1 N–H and O–H groups in total. The molecule has 1 unspecified atom stereocenters. The molecule has 1 aliphatic heterocycles. The van der Waals surface area contributed by atoms with E-state index in [1.807, 2.05) is 12.1 Å². The van der Waals surface area contributed by atoms with E-state index in [4.69, 9.17) is 23.2 Å². The van der Waals surface area contributed by atoms with Gasteiger partial charge in [-0.25, -0.2) is 0 Å². The smallest absolute Gasteiger partial charge is 0.0821 e. The number of hydrogen-bond donors (Lipinski definition) is 1. The van der Waals surface area contributed by atoms with E-state index in [1.54, 1.807) is 6.07 Å². The van der Waals surface area contributed by atoms with Crippen LogP contribution in [0.2, 0.25) is 10.0 Å². The van der Waals surface area contributed by atoms with Crippen LogP contribution >= 0.6 is 23.2 Å². The first-order valence-electron chi connectivity index (χ1n) is 7.11. The molecule has 1 atom stereocenters. The highest BCUT2D eigenvalue weighted by Gasteiger charge is 2.20. The molecule has 0 radical (unpaired) electrons. The first kappa shape index (κ1) is 14.7. The van der Waals surface area contributed by atoms with E-state index in [2.05, 4.69) is 29.2 Å². The van der Waals surface area contributed by atoms with Gasteiger partial charge in [0, 0.05) is 24.3 Å². The zero-order valence-corrected chi connectivity index (χ0v) is 13.1. The zero-order valence-electron chi connectivity index (χ0n) is 11.6. The molecule has 110 valence electrons. The first-order valence-corrected chi connectivity index (χ1v) is 7.87. The highest BCUT2D eigenvalue weighted by molar-refractivity contribution is 6.42. The largest absolute Gasteiger partial charge is 0.388 e. The van der Waals surface area contributed by atoms with Crippen molar-refractivity contribution in [3.05, 3.63) is 63.6 Å². The van der Waals surface area contributed by atoms with Crippen molar-refractivity contribution in [2.24, 2.45) is 0 Å². The van der Waals surface area contributed by atoms with E-state index >= 15 is 0 Å². The number of hydrogen-bond acceptors (Lipinski definition) is 2. The lowest BCUT2D eigenvalue weighted by Gasteiger charge is -2.22. The Balaban J connectivity index is 1.67.